The molecule has 3 aliphatic rings. The van der Waals surface area contributed by atoms with Crippen molar-refractivity contribution in [1.82, 2.24) is 10.2 Å². The van der Waals surface area contributed by atoms with Gasteiger partial charge in [-0.25, -0.2) is 0 Å². The van der Waals surface area contributed by atoms with Crippen molar-refractivity contribution in [2.45, 2.75) is 63.8 Å². The number of rotatable bonds is 7. The molecule has 3 saturated heterocycles. The van der Waals surface area contributed by atoms with Gasteiger partial charge in [0.15, 0.2) is 0 Å². The molecule has 8 nitrogen and oxygen atoms in total. The van der Waals surface area contributed by atoms with E-state index >= 15 is 0 Å². The maximum absolute atomic E-state index is 14.0. The molecule has 4 rings (SSSR count). The van der Waals surface area contributed by atoms with Gasteiger partial charge in [0, 0.05) is 17.8 Å². The highest BCUT2D eigenvalue weighted by Crippen LogP contribution is 2.65. The van der Waals surface area contributed by atoms with E-state index in [1.54, 1.807) is 31.3 Å². The average Bonchev–Trinajstić information content (AvgIpc) is 3.30. The van der Waals surface area contributed by atoms with E-state index in [9.17, 15) is 19.5 Å². The van der Waals surface area contributed by atoms with Gasteiger partial charge >= 0.3 is 0 Å². The number of ether oxygens (including phenoxy) is 1. The third-order valence-corrected chi connectivity index (χ3v) is 8.24. The molecule has 0 saturated carbocycles. The predicted octanol–water partition coefficient (Wildman–Crippen LogP) is 2.44. The van der Waals surface area contributed by atoms with Crippen LogP contribution in [0.4, 0.5) is 5.69 Å². The van der Waals surface area contributed by atoms with Gasteiger partial charge < -0.3 is 25.4 Å². The van der Waals surface area contributed by atoms with Crippen LogP contribution < -0.4 is 10.6 Å². The molecule has 1 spiro atoms. The lowest BCUT2D eigenvalue weighted by atomic mass is 9.62. The second kappa shape index (κ2) is 8.81. The van der Waals surface area contributed by atoms with Crippen molar-refractivity contribution in [3.63, 3.8) is 0 Å². The largest absolute Gasteiger partial charge is 0.394 e. The SMILES string of the molecule is CNC(=O)[C@H]1[C@H]2C(=O)N([C@@H](CO)CC(C)C)C(C(=O)Nc3ccc(Cl)cc3)C23CC(C)[C@]1(C)O3. The molecule has 3 aliphatic heterocycles. The van der Waals surface area contributed by atoms with Crippen LogP contribution in [0.25, 0.3) is 0 Å². The molecule has 3 amide bonds. The van der Waals surface area contributed by atoms with Crippen molar-refractivity contribution in [3.8, 4) is 0 Å². The smallest absolute Gasteiger partial charge is 0.250 e. The number of carbonyl (C=O) groups is 3. The molecule has 2 bridgehead atoms. The molecule has 186 valence electrons. The molecule has 0 aliphatic carbocycles. The van der Waals surface area contributed by atoms with Crippen molar-refractivity contribution < 1.29 is 24.2 Å². The Morgan fingerprint density at radius 1 is 1.26 bits per heavy atom. The van der Waals surface area contributed by atoms with Gasteiger partial charge in [-0.05, 0) is 55.9 Å². The summed E-state index contributed by atoms with van der Waals surface area (Å²) in [7, 11) is 1.55. The number of hydrogen-bond acceptors (Lipinski definition) is 5. The fourth-order valence-electron chi connectivity index (χ4n) is 6.49. The number of fused-ring (bicyclic) bond motifs is 1. The van der Waals surface area contributed by atoms with Gasteiger partial charge in [0.05, 0.1) is 30.1 Å². The Hall–Kier alpha value is -2.16. The van der Waals surface area contributed by atoms with Crippen molar-refractivity contribution in [3.05, 3.63) is 29.3 Å². The standard InChI is InChI=1S/C25H34ClN3O5/c1-13(2)10-17(12-30)29-20(22(32)28-16-8-6-15(26)7-9-16)25-11-14(3)24(4,34-25)18(21(31)27-5)19(25)23(29)33/h6-9,13-14,17-20,30H,10-12H2,1-5H3,(H,27,31)(H,28,32)/t14?,17-,18-,19+,20?,24+,25?/m1/s1. The van der Waals surface area contributed by atoms with Crippen LogP contribution in [0.3, 0.4) is 0 Å². The summed E-state index contributed by atoms with van der Waals surface area (Å²) in [5.74, 6) is -2.33. The monoisotopic (exact) mass is 491 g/mol. The van der Waals surface area contributed by atoms with Crippen LogP contribution in [-0.4, -0.2) is 64.7 Å². The molecular weight excluding hydrogens is 458 g/mol. The quantitative estimate of drug-likeness (QED) is 0.543. The van der Waals surface area contributed by atoms with Gasteiger partial charge in [0.2, 0.25) is 17.7 Å². The van der Waals surface area contributed by atoms with Crippen LogP contribution >= 0.6 is 11.6 Å². The Morgan fingerprint density at radius 2 is 1.91 bits per heavy atom. The fourth-order valence-corrected chi connectivity index (χ4v) is 6.62. The van der Waals surface area contributed by atoms with Gasteiger partial charge in [0.25, 0.3) is 0 Å². The summed E-state index contributed by atoms with van der Waals surface area (Å²) in [4.78, 5) is 42.4. The van der Waals surface area contributed by atoms with Crippen LogP contribution in [0.1, 0.15) is 40.5 Å². The van der Waals surface area contributed by atoms with Crippen molar-refractivity contribution in [1.29, 1.82) is 0 Å². The molecule has 34 heavy (non-hydrogen) atoms. The van der Waals surface area contributed by atoms with Gasteiger partial charge in [-0.3, -0.25) is 14.4 Å². The van der Waals surface area contributed by atoms with Crippen LogP contribution in [0, 0.1) is 23.7 Å². The van der Waals surface area contributed by atoms with E-state index in [1.807, 2.05) is 27.7 Å². The number of nitrogens with zero attached hydrogens (tertiary/aromatic N) is 1. The van der Waals surface area contributed by atoms with E-state index in [4.69, 9.17) is 16.3 Å². The summed E-state index contributed by atoms with van der Waals surface area (Å²) in [5.41, 5.74) is -1.47. The van der Waals surface area contributed by atoms with Crippen molar-refractivity contribution in [2.24, 2.45) is 23.7 Å². The summed E-state index contributed by atoms with van der Waals surface area (Å²) >= 11 is 5.99. The van der Waals surface area contributed by atoms with E-state index < -0.39 is 41.0 Å². The molecule has 7 atom stereocenters. The minimum Gasteiger partial charge on any atom is -0.394 e. The third kappa shape index (κ3) is 3.62. The first-order chi connectivity index (χ1) is 16.0. The summed E-state index contributed by atoms with van der Waals surface area (Å²) in [6.45, 7) is 7.59. The summed E-state index contributed by atoms with van der Waals surface area (Å²) in [6.07, 6.45) is 0.996. The first-order valence-electron chi connectivity index (χ1n) is 11.9. The molecule has 0 aromatic heterocycles. The van der Waals surface area contributed by atoms with Crippen LogP contribution in [0.15, 0.2) is 24.3 Å². The van der Waals surface area contributed by atoms with Gasteiger partial charge in [-0.1, -0.05) is 32.4 Å². The van der Waals surface area contributed by atoms with E-state index in [-0.39, 0.29) is 30.3 Å². The highest BCUT2D eigenvalue weighted by atomic mass is 35.5. The fraction of sp³-hybridized carbons (Fsp3) is 0.640. The summed E-state index contributed by atoms with van der Waals surface area (Å²) < 4.78 is 6.62. The molecule has 1 aromatic rings. The number of benzene rings is 1. The number of aliphatic hydroxyl groups excluding tert-OH is 1. The Bertz CT molecular complexity index is 985. The van der Waals surface area contributed by atoms with Crippen LogP contribution in [-0.2, 0) is 19.1 Å². The molecule has 9 heteroatoms. The van der Waals surface area contributed by atoms with E-state index in [1.165, 1.54) is 4.90 Å². The number of nitrogens with one attached hydrogen (secondary N) is 2. The Balaban J connectivity index is 1.81. The van der Waals surface area contributed by atoms with Crippen LogP contribution in [0.5, 0.6) is 0 Å². The third-order valence-electron chi connectivity index (χ3n) is 7.99. The predicted molar refractivity (Wildman–Crippen MR) is 128 cm³/mol. The first kappa shape index (κ1) is 24.9. The zero-order chi connectivity index (χ0) is 25.0. The summed E-state index contributed by atoms with van der Waals surface area (Å²) in [6, 6.07) is 5.19. The number of amides is 3. The van der Waals surface area contributed by atoms with Crippen molar-refractivity contribution >= 4 is 35.0 Å². The maximum Gasteiger partial charge on any atom is 0.250 e. The van der Waals surface area contributed by atoms with Gasteiger partial charge in [0.1, 0.15) is 11.6 Å². The van der Waals surface area contributed by atoms with E-state index in [0.717, 1.165) is 0 Å². The second-order valence-electron chi connectivity index (χ2n) is 10.5. The molecule has 0 radical (unpaired) electrons. The van der Waals surface area contributed by atoms with E-state index in [2.05, 4.69) is 10.6 Å². The number of halogens is 1. The highest BCUT2D eigenvalue weighted by molar-refractivity contribution is 6.30. The van der Waals surface area contributed by atoms with Crippen LogP contribution in [0.2, 0.25) is 5.02 Å². The maximum atomic E-state index is 14.0. The van der Waals surface area contributed by atoms with E-state index in [0.29, 0.717) is 23.6 Å². The Labute approximate surface area is 205 Å². The number of aliphatic hydroxyl groups is 1. The molecule has 3 unspecified atom stereocenters. The molecule has 1 aromatic carbocycles. The zero-order valence-electron chi connectivity index (χ0n) is 20.3. The number of likely N-dealkylation sites (tertiary alicyclic amines) is 1. The molecule has 3 heterocycles. The van der Waals surface area contributed by atoms with Crippen molar-refractivity contribution in [2.75, 3.05) is 19.0 Å². The number of anilines is 1. The minimum absolute atomic E-state index is 0.0395. The normalized spacial score (nSPS) is 34.9. The lowest BCUT2D eigenvalue weighted by molar-refractivity contribution is -0.149. The van der Waals surface area contributed by atoms with Gasteiger partial charge in [-0.2, -0.15) is 0 Å². The highest BCUT2D eigenvalue weighted by Gasteiger charge is 2.80. The molecular formula is C25H34ClN3O5. The second-order valence-corrected chi connectivity index (χ2v) is 11.0. The molecule has 3 fully saturated rings. The number of carbonyl (C=O) groups excluding carboxylic acids is 3. The topological polar surface area (TPSA) is 108 Å². The van der Waals surface area contributed by atoms with Gasteiger partial charge in [-0.15, -0.1) is 0 Å². The lowest BCUT2D eigenvalue weighted by Crippen LogP contribution is -2.56. The summed E-state index contributed by atoms with van der Waals surface area (Å²) in [5, 5.41) is 16.4. The lowest BCUT2D eigenvalue weighted by Gasteiger charge is -2.37. The molecule has 3 N–H and O–H groups in total. The Morgan fingerprint density at radius 3 is 2.47 bits per heavy atom. The average molecular weight is 492 g/mol. The number of hydrogen-bond donors (Lipinski definition) is 3. The zero-order valence-corrected chi connectivity index (χ0v) is 21.1. The first-order valence-corrected chi connectivity index (χ1v) is 12.3. The Kier molecular flexibility index (Phi) is 6.46. The minimum atomic E-state index is -1.15.